The van der Waals surface area contributed by atoms with Crippen molar-refractivity contribution in [2.75, 3.05) is 0 Å². The average molecular weight is 403 g/mol. The topological polar surface area (TPSA) is 0 Å². The van der Waals surface area contributed by atoms with Crippen molar-refractivity contribution in [1.29, 1.82) is 0 Å². The minimum absolute atomic E-state index is 1.06. The molecule has 4 aromatic carbocycles. The molecule has 0 nitrogen and oxygen atoms in total. The second-order valence-corrected chi connectivity index (χ2v) is 8.15. The molecule has 4 rings (SSSR count). The van der Waals surface area contributed by atoms with Gasteiger partial charge in [0.25, 0.3) is 0 Å². The van der Waals surface area contributed by atoms with Crippen molar-refractivity contribution in [3.05, 3.63) is 130 Å². The first-order valence-electron chi connectivity index (χ1n) is 11.2. The zero-order chi connectivity index (χ0) is 21.6. The Morgan fingerprint density at radius 3 is 1.39 bits per heavy atom. The smallest absolute Gasteiger partial charge is 0.0105 e. The predicted molar refractivity (Wildman–Crippen MR) is 135 cm³/mol. The molecule has 0 aromatic heterocycles. The molecular weight excluding hydrogens is 372 g/mol. The van der Waals surface area contributed by atoms with Gasteiger partial charge in [-0.2, -0.15) is 0 Å². The highest BCUT2D eigenvalue weighted by molar-refractivity contribution is 5.91. The molecule has 0 bridgehead atoms. The molecular formula is C31H30. The maximum absolute atomic E-state index is 2.31. The van der Waals surface area contributed by atoms with Crippen LogP contribution >= 0.6 is 0 Å². The summed E-state index contributed by atoms with van der Waals surface area (Å²) in [6.07, 6.45) is 4.43. The van der Waals surface area contributed by atoms with Crippen LogP contribution in [0, 0.1) is 6.92 Å². The van der Waals surface area contributed by atoms with E-state index in [4.69, 9.17) is 0 Å². The first-order valence-corrected chi connectivity index (χ1v) is 11.2. The van der Waals surface area contributed by atoms with Gasteiger partial charge < -0.3 is 0 Å². The van der Waals surface area contributed by atoms with Crippen molar-refractivity contribution in [2.24, 2.45) is 0 Å². The molecule has 0 aliphatic heterocycles. The summed E-state index contributed by atoms with van der Waals surface area (Å²) in [5.74, 6) is 0. The van der Waals surface area contributed by atoms with E-state index in [0.29, 0.717) is 0 Å². The fourth-order valence-corrected chi connectivity index (χ4v) is 3.86. The summed E-state index contributed by atoms with van der Waals surface area (Å²) < 4.78 is 0. The van der Waals surface area contributed by atoms with Crippen LogP contribution in [0.5, 0.6) is 0 Å². The SMILES string of the molecule is CCc1ccc(C(=Cc2ccc(-c3ccc(C)cc3)cc2)c2ccc(CC)cc2)cc1. The third-order valence-corrected chi connectivity index (χ3v) is 5.95. The number of hydrogen-bond donors (Lipinski definition) is 0. The number of aryl methyl sites for hydroxylation is 3. The van der Waals surface area contributed by atoms with Gasteiger partial charge in [0.05, 0.1) is 0 Å². The van der Waals surface area contributed by atoms with E-state index in [1.807, 2.05) is 0 Å². The lowest BCUT2D eigenvalue weighted by Crippen LogP contribution is -1.91. The molecule has 0 unspecified atom stereocenters. The summed E-state index contributed by atoms with van der Waals surface area (Å²) in [4.78, 5) is 0. The van der Waals surface area contributed by atoms with Crippen molar-refractivity contribution in [2.45, 2.75) is 33.6 Å². The largest absolute Gasteiger partial charge is 0.0613 e. The van der Waals surface area contributed by atoms with E-state index >= 15 is 0 Å². The quantitative estimate of drug-likeness (QED) is 0.284. The molecule has 0 atom stereocenters. The second-order valence-electron chi connectivity index (χ2n) is 8.15. The molecule has 31 heavy (non-hydrogen) atoms. The van der Waals surface area contributed by atoms with Gasteiger partial charge in [-0.15, -0.1) is 0 Å². The van der Waals surface area contributed by atoms with Crippen LogP contribution in [0.2, 0.25) is 0 Å². The van der Waals surface area contributed by atoms with Gasteiger partial charge in [0.2, 0.25) is 0 Å². The minimum Gasteiger partial charge on any atom is -0.0613 e. The van der Waals surface area contributed by atoms with E-state index in [1.54, 1.807) is 0 Å². The standard InChI is InChI=1S/C31H30/c1-4-24-8-18-29(19-9-24)31(30-20-10-25(5-2)11-21-30)22-26-12-16-28(17-13-26)27-14-6-23(3)7-15-27/h6-22H,4-5H2,1-3H3. The minimum atomic E-state index is 1.06. The number of hydrogen-bond acceptors (Lipinski definition) is 0. The molecule has 154 valence electrons. The first-order chi connectivity index (χ1) is 15.2. The Balaban J connectivity index is 1.71. The lowest BCUT2D eigenvalue weighted by atomic mass is 9.93. The van der Waals surface area contributed by atoms with Crippen LogP contribution in [0.1, 0.15) is 47.2 Å². The van der Waals surface area contributed by atoms with Crippen LogP contribution in [0.25, 0.3) is 22.8 Å². The first kappa shape index (κ1) is 20.9. The van der Waals surface area contributed by atoms with Gasteiger partial charge in [-0.05, 0) is 70.4 Å². The summed E-state index contributed by atoms with van der Waals surface area (Å²) in [7, 11) is 0. The molecule has 0 N–H and O–H groups in total. The monoisotopic (exact) mass is 402 g/mol. The molecule has 0 fully saturated rings. The lowest BCUT2D eigenvalue weighted by Gasteiger charge is -2.11. The van der Waals surface area contributed by atoms with E-state index in [-0.39, 0.29) is 0 Å². The van der Waals surface area contributed by atoms with E-state index in [1.165, 1.54) is 50.1 Å². The molecule has 0 aliphatic rings. The number of rotatable bonds is 6. The zero-order valence-electron chi connectivity index (χ0n) is 18.7. The lowest BCUT2D eigenvalue weighted by molar-refractivity contribution is 1.14. The summed E-state index contributed by atoms with van der Waals surface area (Å²) in [5.41, 5.74) is 11.5. The molecule has 0 heteroatoms. The van der Waals surface area contributed by atoms with Crippen LogP contribution < -0.4 is 0 Å². The normalized spacial score (nSPS) is 10.7. The Morgan fingerprint density at radius 2 is 0.968 bits per heavy atom. The van der Waals surface area contributed by atoms with Gasteiger partial charge in [-0.3, -0.25) is 0 Å². The molecule has 0 heterocycles. The molecule has 0 saturated carbocycles. The highest BCUT2D eigenvalue weighted by Crippen LogP contribution is 2.28. The Kier molecular flexibility index (Phi) is 6.48. The van der Waals surface area contributed by atoms with Gasteiger partial charge >= 0.3 is 0 Å². The summed E-state index contributed by atoms with van der Waals surface area (Å²) in [6, 6.07) is 35.5. The Bertz CT molecular complexity index is 1090. The van der Waals surface area contributed by atoms with Crippen molar-refractivity contribution >= 4 is 11.6 Å². The van der Waals surface area contributed by atoms with Gasteiger partial charge in [0.1, 0.15) is 0 Å². The highest BCUT2D eigenvalue weighted by atomic mass is 14.1. The van der Waals surface area contributed by atoms with Gasteiger partial charge in [-0.25, -0.2) is 0 Å². The van der Waals surface area contributed by atoms with E-state index in [2.05, 4.69) is 124 Å². The average Bonchev–Trinajstić information content (AvgIpc) is 2.84. The fraction of sp³-hybridized carbons (Fsp3) is 0.161. The molecule has 0 aliphatic carbocycles. The maximum atomic E-state index is 2.31. The van der Waals surface area contributed by atoms with Crippen LogP contribution in [0.3, 0.4) is 0 Å². The highest BCUT2D eigenvalue weighted by Gasteiger charge is 2.07. The zero-order valence-corrected chi connectivity index (χ0v) is 18.7. The Hall–Kier alpha value is -3.38. The maximum Gasteiger partial charge on any atom is -0.0105 e. The van der Waals surface area contributed by atoms with Crippen molar-refractivity contribution < 1.29 is 0 Å². The molecule has 0 amide bonds. The van der Waals surface area contributed by atoms with Crippen LogP contribution in [0.15, 0.2) is 97.1 Å². The fourth-order valence-electron chi connectivity index (χ4n) is 3.86. The van der Waals surface area contributed by atoms with Crippen molar-refractivity contribution in [3.8, 4) is 11.1 Å². The third kappa shape index (κ3) is 5.03. The van der Waals surface area contributed by atoms with Crippen LogP contribution in [-0.2, 0) is 12.8 Å². The van der Waals surface area contributed by atoms with Gasteiger partial charge in [0.15, 0.2) is 0 Å². The molecule has 0 spiro atoms. The van der Waals surface area contributed by atoms with Gasteiger partial charge in [-0.1, -0.05) is 116 Å². The van der Waals surface area contributed by atoms with Gasteiger partial charge in [0, 0.05) is 0 Å². The molecule has 4 aromatic rings. The van der Waals surface area contributed by atoms with E-state index in [0.717, 1.165) is 12.8 Å². The van der Waals surface area contributed by atoms with Crippen molar-refractivity contribution in [1.82, 2.24) is 0 Å². The summed E-state index contributed by atoms with van der Waals surface area (Å²) in [6.45, 7) is 6.52. The van der Waals surface area contributed by atoms with Crippen LogP contribution in [-0.4, -0.2) is 0 Å². The third-order valence-electron chi connectivity index (χ3n) is 5.95. The predicted octanol–water partition coefficient (Wildman–Crippen LogP) is 8.38. The Morgan fingerprint density at radius 1 is 0.548 bits per heavy atom. The Labute approximate surface area is 186 Å². The summed E-state index contributed by atoms with van der Waals surface area (Å²) in [5, 5.41) is 0. The van der Waals surface area contributed by atoms with E-state index < -0.39 is 0 Å². The van der Waals surface area contributed by atoms with E-state index in [9.17, 15) is 0 Å². The summed E-state index contributed by atoms with van der Waals surface area (Å²) >= 11 is 0. The molecule has 0 radical (unpaired) electrons. The number of benzene rings is 4. The molecule has 0 saturated heterocycles. The second kappa shape index (κ2) is 9.62. The van der Waals surface area contributed by atoms with Crippen LogP contribution in [0.4, 0.5) is 0 Å². The van der Waals surface area contributed by atoms with Crippen molar-refractivity contribution in [3.63, 3.8) is 0 Å².